The minimum Gasteiger partial charge on any atom is -0.493 e. The lowest BCUT2D eigenvalue weighted by molar-refractivity contribution is 0.298. The summed E-state index contributed by atoms with van der Waals surface area (Å²) in [4.78, 5) is 4.04. The van der Waals surface area contributed by atoms with Crippen LogP contribution in [-0.2, 0) is 13.1 Å². The van der Waals surface area contributed by atoms with Crippen LogP contribution in [0, 0.1) is 13.8 Å². The van der Waals surface area contributed by atoms with Crippen LogP contribution in [0.15, 0.2) is 30.9 Å². The molecular formula is C17H25N3O. The number of hydrogen-bond donors (Lipinski definition) is 1. The van der Waals surface area contributed by atoms with Gasteiger partial charge in [-0.05, 0) is 43.5 Å². The molecule has 0 fully saturated rings. The molecule has 0 saturated carbocycles. The molecule has 114 valence electrons. The summed E-state index contributed by atoms with van der Waals surface area (Å²) in [6.07, 6.45) is 6.60. The van der Waals surface area contributed by atoms with Crippen molar-refractivity contribution in [2.75, 3.05) is 13.2 Å². The Balaban J connectivity index is 1.87. The molecule has 1 aromatic carbocycles. The predicted octanol–water partition coefficient (Wildman–Crippen LogP) is 3.08. The van der Waals surface area contributed by atoms with Gasteiger partial charge in [-0.1, -0.05) is 19.1 Å². The van der Waals surface area contributed by atoms with E-state index in [1.807, 2.05) is 12.5 Å². The molecule has 0 saturated heterocycles. The van der Waals surface area contributed by atoms with Crippen LogP contribution in [-0.4, -0.2) is 22.7 Å². The van der Waals surface area contributed by atoms with Gasteiger partial charge in [0.25, 0.3) is 0 Å². The summed E-state index contributed by atoms with van der Waals surface area (Å²) in [7, 11) is 0. The van der Waals surface area contributed by atoms with Crippen LogP contribution in [0.2, 0.25) is 0 Å². The molecule has 0 amide bonds. The van der Waals surface area contributed by atoms with Gasteiger partial charge in [0.1, 0.15) is 5.75 Å². The lowest BCUT2D eigenvalue weighted by Crippen LogP contribution is -2.12. The molecule has 0 aliphatic heterocycles. The number of nitrogens with one attached hydrogen (secondary N) is 1. The zero-order chi connectivity index (χ0) is 15.1. The Morgan fingerprint density at radius 3 is 2.62 bits per heavy atom. The van der Waals surface area contributed by atoms with Crippen LogP contribution >= 0.6 is 0 Å². The van der Waals surface area contributed by atoms with E-state index in [0.717, 1.165) is 38.4 Å². The molecule has 4 heteroatoms. The summed E-state index contributed by atoms with van der Waals surface area (Å²) in [5, 5.41) is 3.36. The SMILES string of the molecule is CCNCc1cc(C)c(OCCCn2ccnc2)c(C)c1. The fraction of sp³-hybridized carbons (Fsp3) is 0.471. The fourth-order valence-electron chi connectivity index (χ4n) is 2.48. The third-order valence-electron chi connectivity index (χ3n) is 3.47. The highest BCUT2D eigenvalue weighted by atomic mass is 16.5. The topological polar surface area (TPSA) is 39.1 Å². The average Bonchev–Trinajstić information content (AvgIpc) is 2.96. The Bertz CT molecular complexity index is 526. The normalized spacial score (nSPS) is 10.8. The second-order valence-corrected chi connectivity index (χ2v) is 5.34. The van der Waals surface area contributed by atoms with Gasteiger partial charge in [0, 0.05) is 25.5 Å². The summed E-state index contributed by atoms with van der Waals surface area (Å²) < 4.78 is 8.04. The van der Waals surface area contributed by atoms with Gasteiger partial charge in [-0.2, -0.15) is 0 Å². The highest BCUT2D eigenvalue weighted by molar-refractivity contribution is 5.43. The first-order valence-electron chi connectivity index (χ1n) is 7.60. The molecular weight excluding hydrogens is 262 g/mol. The molecule has 1 aromatic heterocycles. The smallest absolute Gasteiger partial charge is 0.125 e. The van der Waals surface area contributed by atoms with Gasteiger partial charge in [-0.15, -0.1) is 0 Å². The molecule has 0 atom stereocenters. The molecule has 2 rings (SSSR count). The van der Waals surface area contributed by atoms with Crippen molar-refractivity contribution >= 4 is 0 Å². The number of benzene rings is 1. The summed E-state index contributed by atoms with van der Waals surface area (Å²) >= 11 is 0. The molecule has 1 N–H and O–H groups in total. The van der Waals surface area contributed by atoms with Crippen LogP contribution in [0.1, 0.15) is 30.0 Å². The quantitative estimate of drug-likeness (QED) is 0.758. The van der Waals surface area contributed by atoms with Crippen LogP contribution < -0.4 is 10.1 Å². The van der Waals surface area contributed by atoms with Crippen LogP contribution in [0.25, 0.3) is 0 Å². The standard InChI is InChI=1S/C17H25N3O/c1-4-18-12-16-10-14(2)17(15(3)11-16)21-9-5-7-20-8-6-19-13-20/h6,8,10-11,13,18H,4-5,7,9,12H2,1-3H3. The van der Waals surface area contributed by atoms with Gasteiger partial charge in [-0.25, -0.2) is 4.98 Å². The zero-order valence-electron chi connectivity index (χ0n) is 13.2. The Morgan fingerprint density at radius 2 is 2.00 bits per heavy atom. The van der Waals surface area contributed by atoms with Gasteiger partial charge in [0.15, 0.2) is 0 Å². The van der Waals surface area contributed by atoms with Crippen LogP contribution in [0.3, 0.4) is 0 Å². The summed E-state index contributed by atoms with van der Waals surface area (Å²) in [6, 6.07) is 4.42. The molecule has 1 heterocycles. The van der Waals surface area contributed by atoms with Crippen molar-refractivity contribution in [3.8, 4) is 5.75 Å². The Labute approximate surface area is 127 Å². The largest absolute Gasteiger partial charge is 0.493 e. The summed E-state index contributed by atoms with van der Waals surface area (Å²) in [5.74, 6) is 1.03. The molecule has 0 bridgehead atoms. The average molecular weight is 287 g/mol. The minimum absolute atomic E-state index is 0.729. The number of rotatable bonds is 8. The first-order chi connectivity index (χ1) is 10.2. The predicted molar refractivity (Wildman–Crippen MR) is 85.6 cm³/mol. The van der Waals surface area contributed by atoms with E-state index in [1.54, 1.807) is 6.20 Å². The maximum Gasteiger partial charge on any atom is 0.125 e. The maximum atomic E-state index is 5.97. The third-order valence-corrected chi connectivity index (χ3v) is 3.47. The van der Waals surface area contributed by atoms with Crippen LogP contribution in [0.4, 0.5) is 0 Å². The minimum atomic E-state index is 0.729. The lowest BCUT2D eigenvalue weighted by Gasteiger charge is -2.14. The first-order valence-corrected chi connectivity index (χ1v) is 7.60. The van der Waals surface area contributed by atoms with E-state index in [0.29, 0.717) is 0 Å². The van der Waals surface area contributed by atoms with Crippen molar-refractivity contribution in [1.82, 2.24) is 14.9 Å². The van der Waals surface area contributed by atoms with Crippen molar-refractivity contribution in [2.45, 2.75) is 40.3 Å². The van der Waals surface area contributed by atoms with E-state index >= 15 is 0 Å². The van der Waals surface area contributed by atoms with Crippen molar-refractivity contribution in [1.29, 1.82) is 0 Å². The van der Waals surface area contributed by atoms with Crippen molar-refractivity contribution in [3.05, 3.63) is 47.5 Å². The number of nitrogens with zero attached hydrogens (tertiary/aromatic N) is 2. The molecule has 21 heavy (non-hydrogen) atoms. The Morgan fingerprint density at radius 1 is 1.24 bits per heavy atom. The summed E-state index contributed by atoms with van der Waals surface area (Å²) in [5.41, 5.74) is 3.74. The third kappa shape index (κ3) is 4.60. The number of imidazole rings is 1. The number of aromatic nitrogens is 2. The molecule has 4 nitrogen and oxygen atoms in total. The maximum absolute atomic E-state index is 5.97. The Hall–Kier alpha value is -1.81. The Kier molecular flexibility index (Phi) is 5.81. The van der Waals surface area contributed by atoms with E-state index in [9.17, 15) is 0 Å². The monoisotopic (exact) mass is 287 g/mol. The fourth-order valence-corrected chi connectivity index (χ4v) is 2.48. The van der Waals surface area contributed by atoms with E-state index in [4.69, 9.17) is 4.74 Å². The van der Waals surface area contributed by atoms with E-state index in [2.05, 4.69) is 47.8 Å². The van der Waals surface area contributed by atoms with Gasteiger partial charge in [0.05, 0.1) is 12.9 Å². The second-order valence-electron chi connectivity index (χ2n) is 5.34. The van der Waals surface area contributed by atoms with Crippen LogP contribution in [0.5, 0.6) is 5.75 Å². The van der Waals surface area contributed by atoms with E-state index in [1.165, 1.54) is 16.7 Å². The van der Waals surface area contributed by atoms with E-state index < -0.39 is 0 Å². The highest BCUT2D eigenvalue weighted by Crippen LogP contribution is 2.25. The molecule has 2 aromatic rings. The number of hydrogen-bond acceptors (Lipinski definition) is 3. The van der Waals surface area contributed by atoms with Crippen molar-refractivity contribution < 1.29 is 4.74 Å². The number of ether oxygens (including phenoxy) is 1. The van der Waals surface area contributed by atoms with Gasteiger partial charge in [-0.3, -0.25) is 0 Å². The van der Waals surface area contributed by atoms with Gasteiger partial charge >= 0.3 is 0 Å². The zero-order valence-corrected chi connectivity index (χ0v) is 13.2. The van der Waals surface area contributed by atoms with Crippen molar-refractivity contribution in [3.63, 3.8) is 0 Å². The summed E-state index contributed by atoms with van der Waals surface area (Å²) in [6.45, 7) is 9.94. The lowest BCUT2D eigenvalue weighted by atomic mass is 10.1. The number of aryl methyl sites for hydroxylation is 3. The molecule has 0 unspecified atom stereocenters. The van der Waals surface area contributed by atoms with Gasteiger partial charge in [0.2, 0.25) is 0 Å². The van der Waals surface area contributed by atoms with Gasteiger partial charge < -0.3 is 14.6 Å². The first kappa shape index (κ1) is 15.6. The molecule has 0 spiro atoms. The van der Waals surface area contributed by atoms with E-state index in [-0.39, 0.29) is 0 Å². The molecule has 0 aliphatic rings. The highest BCUT2D eigenvalue weighted by Gasteiger charge is 2.06. The second kappa shape index (κ2) is 7.84. The van der Waals surface area contributed by atoms with Crippen molar-refractivity contribution in [2.24, 2.45) is 0 Å². The molecule has 0 aliphatic carbocycles. The molecule has 0 radical (unpaired) electrons.